The quantitative estimate of drug-likeness (QED) is 0.391. The number of rotatable bonds is 7. The molecule has 5 rings (SSSR count). The van der Waals surface area contributed by atoms with E-state index >= 15 is 0 Å². The third-order valence-corrected chi connectivity index (χ3v) is 5.00. The van der Waals surface area contributed by atoms with Gasteiger partial charge in [0, 0.05) is 24.7 Å². The highest BCUT2D eigenvalue weighted by atomic mass is 16.5. The van der Waals surface area contributed by atoms with Gasteiger partial charge in [-0.1, -0.05) is 11.2 Å². The van der Waals surface area contributed by atoms with E-state index in [-0.39, 0.29) is 11.5 Å². The fourth-order valence-electron chi connectivity index (χ4n) is 3.44. The van der Waals surface area contributed by atoms with Crippen LogP contribution in [0.25, 0.3) is 16.6 Å². The van der Waals surface area contributed by atoms with Crippen molar-refractivity contribution in [1.29, 1.82) is 0 Å². The normalized spacial score (nSPS) is 11.9. The molecule has 0 fully saturated rings. The van der Waals surface area contributed by atoms with E-state index in [0.717, 1.165) is 11.1 Å². The van der Waals surface area contributed by atoms with Gasteiger partial charge in [0.2, 0.25) is 5.78 Å². The molecule has 1 N–H and O–H groups in total. The van der Waals surface area contributed by atoms with Crippen molar-refractivity contribution >= 4 is 17.0 Å². The molecule has 0 saturated heterocycles. The Morgan fingerprint density at radius 3 is 2.81 bits per heavy atom. The summed E-state index contributed by atoms with van der Waals surface area (Å²) in [5, 5.41) is 11.8. The third kappa shape index (κ3) is 3.67. The van der Waals surface area contributed by atoms with Crippen molar-refractivity contribution in [3.63, 3.8) is 0 Å². The topological polar surface area (TPSA) is 107 Å². The van der Waals surface area contributed by atoms with E-state index in [9.17, 15) is 4.79 Å². The SMILES string of the molecule is COc1cncc(NC(C(=O)c2nocc2-c2ccncc2)c2cc3ccccn3n2)c1. The first-order valence-corrected chi connectivity index (χ1v) is 9.82. The van der Waals surface area contributed by atoms with Crippen LogP contribution in [0.2, 0.25) is 0 Å². The molecule has 1 unspecified atom stereocenters. The highest BCUT2D eigenvalue weighted by Crippen LogP contribution is 2.29. The summed E-state index contributed by atoms with van der Waals surface area (Å²) in [7, 11) is 1.56. The minimum absolute atomic E-state index is 0.196. The van der Waals surface area contributed by atoms with Gasteiger partial charge in [-0.2, -0.15) is 5.10 Å². The lowest BCUT2D eigenvalue weighted by molar-refractivity contribution is 0.0959. The van der Waals surface area contributed by atoms with Gasteiger partial charge in [0.05, 0.1) is 42.0 Å². The molecule has 5 aromatic rings. The second kappa shape index (κ2) is 8.31. The van der Waals surface area contributed by atoms with Crippen molar-refractivity contribution in [1.82, 2.24) is 24.7 Å². The van der Waals surface area contributed by atoms with Gasteiger partial charge in [0.15, 0.2) is 5.69 Å². The van der Waals surface area contributed by atoms with Crippen molar-refractivity contribution in [3.05, 3.63) is 91.1 Å². The predicted molar refractivity (Wildman–Crippen MR) is 116 cm³/mol. The fraction of sp³-hybridized carbons (Fsp3) is 0.0870. The van der Waals surface area contributed by atoms with Crippen LogP contribution < -0.4 is 10.1 Å². The van der Waals surface area contributed by atoms with Gasteiger partial charge in [-0.15, -0.1) is 0 Å². The van der Waals surface area contributed by atoms with E-state index in [0.29, 0.717) is 22.7 Å². The van der Waals surface area contributed by atoms with E-state index in [1.165, 1.54) is 6.26 Å². The summed E-state index contributed by atoms with van der Waals surface area (Å²) in [5.41, 5.74) is 3.56. The Balaban J connectivity index is 1.58. The number of fused-ring (bicyclic) bond motifs is 1. The van der Waals surface area contributed by atoms with Gasteiger partial charge in [0.1, 0.15) is 18.1 Å². The number of carbonyl (C=O) groups excluding carboxylic acids is 1. The largest absolute Gasteiger partial charge is 0.495 e. The van der Waals surface area contributed by atoms with Gasteiger partial charge in [0.25, 0.3) is 0 Å². The molecular formula is C23H18N6O3. The Morgan fingerprint density at radius 2 is 2.00 bits per heavy atom. The molecule has 158 valence electrons. The van der Waals surface area contributed by atoms with E-state index < -0.39 is 6.04 Å². The summed E-state index contributed by atoms with van der Waals surface area (Å²) < 4.78 is 12.2. The summed E-state index contributed by atoms with van der Waals surface area (Å²) in [6, 6.07) is 12.1. The summed E-state index contributed by atoms with van der Waals surface area (Å²) in [6.45, 7) is 0. The Hall–Kier alpha value is -4.53. The Bertz CT molecular complexity index is 1350. The van der Waals surface area contributed by atoms with Crippen LogP contribution in [0.4, 0.5) is 5.69 Å². The first-order chi connectivity index (χ1) is 15.7. The molecule has 9 nitrogen and oxygen atoms in total. The maximum atomic E-state index is 13.7. The van der Waals surface area contributed by atoms with E-state index in [4.69, 9.17) is 9.26 Å². The Morgan fingerprint density at radius 1 is 1.12 bits per heavy atom. The number of aromatic nitrogens is 5. The predicted octanol–water partition coefficient (Wildman–Crippen LogP) is 3.82. The number of pyridine rings is 3. The van der Waals surface area contributed by atoms with Crippen molar-refractivity contribution in [2.75, 3.05) is 12.4 Å². The lowest BCUT2D eigenvalue weighted by atomic mass is 9.99. The van der Waals surface area contributed by atoms with Crippen LogP contribution >= 0.6 is 0 Å². The molecule has 5 aromatic heterocycles. The van der Waals surface area contributed by atoms with Crippen molar-refractivity contribution in [3.8, 4) is 16.9 Å². The summed E-state index contributed by atoms with van der Waals surface area (Å²) in [6.07, 6.45) is 9.78. The number of Topliss-reactive ketones (excluding diaryl/α,β-unsaturated/α-hetero) is 1. The molecule has 0 amide bonds. The minimum Gasteiger partial charge on any atom is -0.495 e. The molecular weight excluding hydrogens is 408 g/mol. The molecule has 0 aliphatic rings. The highest BCUT2D eigenvalue weighted by Gasteiger charge is 2.30. The number of nitrogens with one attached hydrogen (secondary N) is 1. The number of anilines is 1. The molecule has 0 aliphatic heterocycles. The zero-order valence-electron chi connectivity index (χ0n) is 17.0. The van der Waals surface area contributed by atoms with Gasteiger partial charge in [-0.25, -0.2) is 4.52 Å². The van der Waals surface area contributed by atoms with Gasteiger partial charge >= 0.3 is 0 Å². The van der Waals surface area contributed by atoms with Crippen molar-refractivity contribution in [2.45, 2.75) is 6.04 Å². The highest BCUT2D eigenvalue weighted by molar-refractivity contribution is 6.05. The molecule has 0 saturated carbocycles. The maximum Gasteiger partial charge on any atom is 0.213 e. The number of ketones is 1. The monoisotopic (exact) mass is 426 g/mol. The second-order valence-electron chi connectivity index (χ2n) is 7.01. The van der Waals surface area contributed by atoms with Crippen LogP contribution in [-0.4, -0.2) is 37.6 Å². The third-order valence-electron chi connectivity index (χ3n) is 5.00. The van der Waals surface area contributed by atoms with E-state index in [2.05, 4.69) is 25.5 Å². The molecule has 0 radical (unpaired) electrons. The standard InChI is InChI=1S/C23H18N6O3/c1-31-18-10-16(12-25-13-18)26-22(20-11-17-4-2-3-9-29(17)27-20)23(30)21-19(14-32-28-21)15-5-7-24-8-6-15/h2-14,22,26H,1H3. The van der Waals surface area contributed by atoms with Crippen LogP contribution in [0.1, 0.15) is 22.2 Å². The first-order valence-electron chi connectivity index (χ1n) is 9.82. The van der Waals surface area contributed by atoms with Crippen LogP contribution in [0, 0.1) is 0 Å². The molecule has 0 aliphatic carbocycles. The summed E-state index contributed by atoms with van der Waals surface area (Å²) in [4.78, 5) is 21.9. The van der Waals surface area contributed by atoms with Gasteiger partial charge in [-0.3, -0.25) is 14.8 Å². The lowest BCUT2D eigenvalue weighted by Gasteiger charge is -2.16. The van der Waals surface area contributed by atoms with Crippen LogP contribution in [0.3, 0.4) is 0 Å². The number of hydrogen-bond acceptors (Lipinski definition) is 8. The fourth-order valence-corrected chi connectivity index (χ4v) is 3.44. The Kier molecular flexibility index (Phi) is 5.04. The van der Waals surface area contributed by atoms with Crippen molar-refractivity contribution in [2.24, 2.45) is 0 Å². The summed E-state index contributed by atoms with van der Waals surface area (Å²) in [5.74, 6) is 0.270. The zero-order chi connectivity index (χ0) is 21.9. The molecule has 5 heterocycles. The van der Waals surface area contributed by atoms with E-state index in [1.807, 2.05) is 30.5 Å². The van der Waals surface area contributed by atoms with Crippen molar-refractivity contribution < 1.29 is 14.1 Å². The second-order valence-corrected chi connectivity index (χ2v) is 7.01. The molecule has 0 aromatic carbocycles. The number of carbonyl (C=O) groups is 1. The lowest BCUT2D eigenvalue weighted by Crippen LogP contribution is -2.23. The molecule has 1 atom stereocenters. The molecule has 32 heavy (non-hydrogen) atoms. The van der Waals surface area contributed by atoms with Gasteiger partial charge in [-0.05, 0) is 35.9 Å². The number of methoxy groups -OCH3 is 1. The molecule has 0 spiro atoms. The Labute approximate surface area is 182 Å². The van der Waals surface area contributed by atoms with Crippen LogP contribution in [0.15, 0.2) is 84.2 Å². The van der Waals surface area contributed by atoms with Crippen LogP contribution in [-0.2, 0) is 0 Å². The first kappa shape index (κ1) is 19.4. The van der Waals surface area contributed by atoms with Gasteiger partial charge < -0.3 is 14.6 Å². The zero-order valence-corrected chi connectivity index (χ0v) is 17.0. The summed E-state index contributed by atoms with van der Waals surface area (Å²) >= 11 is 0. The average molecular weight is 426 g/mol. The van der Waals surface area contributed by atoms with Crippen LogP contribution in [0.5, 0.6) is 5.75 Å². The average Bonchev–Trinajstić information content (AvgIpc) is 3.50. The number of ether oxygens (including phenoxy) is 1. The maximum absolute atomic E-state index is 13.7. The smallest absolute Gasteiger partial charge is 0.213 e. The minimum atomic E-state index is -0.838. The molecule has 0 bridgehead atoms. The number of nitrogens with zero attached hydrogens (tertiary/aromatic N) is 5. The molecule has 9 heteroatoms. The van der Waals surface area contributed by atoms with E-state index in [1.54, 1.807) is 54.6 Å². The number of hydrogen-bond donors (Lipinski definition) is 1.